The highest BCUT2D eigenvalue weighted by Gasteiger charge is 2.27. The molecule has 4 nitrogen and oxygen atoms in total. The smallest absolute Gasteiger partial charge is 0.146 e. The van der Waals surface area contributed by atoms with Gasteiger partial charge in [-0.25, -0.2) is 4.98 Å². The van der Waals surface area contributed by atoms with Crippen LogP contribution in [0.25, 0.3) is 0 Å². The van der Waals surface area contributed by atoms with Crippen LogP contribution in [0.2, 0.25) is 0 Å². The van der Waals surface area contributed by atoms with Crippen LogP contribution in [0.1, 0.15) is 19.4 Å². The van der Waals surface area contributed by atoms with Crippen molar-refractivity contribution < 1.29 is 0 Å². The lowest BCUT2D eigenvalue weighted by atomic mass is 10.1. The van der Waals surface area contributed by atoms with Crippen LogP contribution in [0, 0.1) is 11.3 Å². The maximum Gasteiger partial charge on any atom is 0.146 e. The third kappa shape index (κ3) is 2.32. The fourth-order valence-electron chi connectivity index (χ4n) is 2.02. The molecule has 2 atom stereocenters. The van der Waals surface area contributed by atoms with Crippen LogP contribution >= 0.6 is 11.8 Å². The summed E-state index contributed by atoms with van der Waals surface area (Å²) in [6.45, 7) is 5.32. The molecule has 1 aliphatic heterocycles. The topological polar surface area (TPSA) is 65.9 Å². The van der Waals surface area contributed by atoms with Gasteiger partial charge in [0.2, 0.25) is 0 Å². The molecule has 0 radical (unpaired) electrons. The van der Waals surface area contributed by atoms with E-state index in [0.29, 0.717) is 22.5 Å². The highest BCUT2D eigenvalue weighted by molar-refractivity contribution is 8.00. The van der Waals surface area contributed by atoms with Gasteiger partial charge in [-0.2, -0.15) is 17.0 Å². The van der Waals surface area contributed by atoms with E-state index in [1.54, 1.807) is 12.3 Å². The van der Waals surface area contributed by atoms with Crippen molar-refractivity contribution in [3.63, 3.8) is 0 Å². The van der Waals surface area contributed by atoms with Gasteiger partial charge in [-0.3, -0.25) is 0 Å². The lowest BCUT2D eigenvalue weighted by Crippen LogP contribution is -2.45. The molecule has 2 unspecified atom stereocenters. The van der Waals surface area contributed by atoms with E-state index >= 15 is 0 Å². The summed E-state index contributed by atoms with van der Waals surface area (Å²) >= 11 is 1.96. The maximum atomic E-state index is 9.15. The fraction of sp³-hybridized carbons (Fsp3) is 0.500. The van der Waals surface area contributed by atoms with E-state index in [9.17, 15) is 0 Å². The molecule has 1 fully saturated rings. The average Bonchev–Trinajstić information content (AvgIpc) is 2.33. The van der Waals surface area contributed by atoms with Gasteiger partial charge in [-0.1, -0.05) is 6.92 Å². The van der Waals surface area contributed by atoms with Gasteiger partial charge in [-0.05, 0) is 13.0 Å². The third-order valence-electron chi connectivity index (χ3n) is 3.16. The Morgan fingerprint density at radius 2 is 2.35 bits per heavy atom. The van der Waals surface area contributed by atoms with Gasteiger partial charge in [0.25, 0.3) is 0 Å². The second kappa shape index (κ2) is 4.84. The van der Waals surface area contributed by atoms with Crippen molar-refractivity contribution in [3.8, 4) is 6.07 Å². The van der Waals surface area contributed by atoms with Crippen molar-refractivity contribution in [2.75, 3.05) is 22.9 Å². The van der Waals surface area contributed by atoms with E-state index in [1.165, 1.54) is 0 Å². The fourth-order valence-corrected chi connectivity index (χ4v) is 3.12. The van der Waals surface area contributed by atoms with E-state index < -0.39 is 0 Å². The minimum Gasteiger partial charge on any atom is -0.397 e. The zero-order valence-electron chi connectivity index (χ0n) is 10.1. The van der Waals surface area contributed by atoms with Crippen LogP contribution in [0.15, 0.2) is 12.3 Å². The van der Waals surface area contributed by atoms with E-state index in [4.69, 9.17) is 11.0 Å². The average molecular weight is 248 g/mol. The number of rotatable bonds is 1. The lowest BCUT2D eigenvalue weighted by molar-refractivity contribution is 0.620. The zero-order valence-corrected chi connectivity index (χ0v) is 10.9. The number of anilines is 2. The Bertz CT molecular complexity index is 454. The Morgan fingerprint density at radius 1 is 1.59 bits per heavy atom. The Labute approximate surface area is 106 Å². The van der Waals surface area contributed by atoms with Gasteiger partial charge in [0.15, 0.2) is 0 Å². The van der Waals surface area contributed by atoms with Crippen molar-refractivity contribution in [3.05, 3.63) is 17.8 Å². The number of nitrogen functional groups attached to an aromatic ring is 1. The summed E-state index contributed by atoms with van der Waals surface area (Å²) in [6, 6.07) is 4.26. The number of hydrogen-bond donors (Lipinski definition) is 1. The molecule has 17 heavy (non-hydrogen) atoms. The number of nitrogens with two attached hydrogens (primary N) is 1. The molecule has 0 amide bonds. The molecular weight excluding hydrogens is 232 g/mol. The van der Waals surface area contributed by atoms with Crippen molar-refractivity contribution >= 4 is 23.3 Å². The Hall–Kier alpha value is -1.41. The molecule has 1 aromatic heterocycles. The molecule has 0 spiro atoms. The van der Waals surface area contributed by atoms with Crippen molar-refractivity contribution in [1.29, 1.82) is 5.26 Å². The summed E-state index contributed by atoms with van der Waals surface area (Å²) < 4.78 is 0. The molecule has 1 aliphatic rings. The Balaban J connectivity index is 2.36. The molecule has 2 rings (SSSR count). The van der Waals surface area contributed by atoms with Gasteiger partial charge >= 0.3 is 0 Å². The summed E-state index contributed by atoms with van der Waals surface area (Å²) in [5, 5.41) is 9.70. The molecule has 1 saturated heterocycles. The summed E-state index contributed by atoms with van der Waals surface area (Å²) in [6.07, 6.45) is 1.62. The second-order valence-corrected chi connectivity index (χ2v) is 5.75. The molecule has 2 N–H and O–H groups in total. The lowest BCUT2D eigenvalue weighted by Gasteiger charge is -2.38. The standard InChI is InChI=1S/C12H16N4S/c1-8-9(2)17-4-3-16(8)12-10(6-13)5-11(14)7-15-12/h5,7-9H,3-4,14H2,1-2H3. The number of thioether (sulfide) groups is 1. The van der Waals surface area contributed by atoms with Crippen molar-refractivity contribution in [1.82, 2.24) is 4.98 Å². The number of nitriles is 1. The first-order valence-electron chi connectivity index (χ1n) is 5.67. The third-order valence-corrected chi connectivity index (χ3v) is 4.50. The van der Waals surface area contributed by atoms with Gasteiger partial charge in [-0.15, -0.1) is 0 Å². The first-order valence-corrected chi connectivity index (χ1v) is 6.72. The maximum absolute atomic E-state index is 9.15. The van der Waals surface area contributed by atoms with Crippen LogP contribution in [0.4, 0.5) is 11.5 Å². The van der Waals surface area contributed by atoms with E-state index in [1.807, 2.05) is 11.8 Å². The molecule has 0 aromatic carbocycles. The van der Waals surface area contributed by atoms with Gasteiger partial charge in [0.05, 0.1) is 17.4 Å². The minimum atomic E-state index is 0.386. The highest BCUT2D eigenvalue weighted by atomic mass is 32.2. The van der Waals surface area contributed by atoms with Crippen LogP contribution in [-0.4, -0.2) is 28.6 Å². The van der Waals surface area contributed by atoms with E-state index in [-0.39, 0.29) is 0 Å². The van der Waals surface area contributed by atoms with Gasteiger partial charge in [0, 0.05) is 23.6 Å². The zero-order chi connectivity index (χ0) is 12.4. The summed E-state index contributed by atoms with van der Waals surface area (Å²) in [5.74, 6) is 1.84. The van der Waals surface area contributed by atoms with Crippen LogP contribution in [0.5, 0.6) is 0 Å². The van der Waals surface area contributed by atoms with E-state index in [0.717, 1.165) is 18.1 Å². The first-order chi connectivity index (χ1) is 8.13. The SMILES string of the molecule is CC1SCCN(c2ncc(N)cc2C#N)C1C. The number of nitrogens with zero attached hydrogens (tertiary/aromatic N) is 3. The van der Waals surface area contributed by atoms with E-state index in [2.05, 4.69) is 29.8 Å². The Morgan fingerprint density at radius 3 is 3.06 bits per heavy atom. The van der Waals surface area contributed by atoms with Gasteiger partial charge in [0.1, 0.15) is 11.9 Å². The molecule has 2 heterocycles. The molecular formula is C12H16N4S. The minimum absolute atomic E-state index is 0.386. The van der Waals surface area contributed by atoms with Crippen molar-refractivity contribution in [2.45, 2.75) is 25.1 Å². The molecule has 0 bridgehead atoms. The normalized spacial score (nSPS) is 24.4. The summed E-state index contributed by atoms with van der Waals surface area (Å²) in [7, 11) is 0. The number of aromatic nitrogens is 1. The quantitative estimate of drug-likeness (QED) is 0.821. The predicted molar refractivity (Wildman–Crippen MR) is 72.1 cm³/mol. The van der Waals surface area contributed by atoms with Crippen LogP contribution in [-0.2, 0) is 0 Å². The predicted octanol–water partition coefficient (Wildman–Crippen LogP) is 1.87. The summed E-state index contributed by atoms with van der Waals surface area (Å²) in [4.78, 5) is 6.53. The molecule has 1 aromatic rings. The van der Waals surface area contributed by atoms with Crippen molar-refractivity contribution in [2.24, 2.45) is 0 Å². The largest absolute Gasteiger partial charge is 0.397 e. The van der Waals surface area contributed by atoms with Crippen LogP contribution in [0.3, 0.4) is 0 Å². The van der Waals surface area contributed by atoms with Crippen LogP contribution < -0.4 is 10.6 Å². The Kier molecular flexibility index (Phi) is 3.43. The monoisotopic (exact) mass is 248 g/mol. The molecule has 5 heteroatoms. The number of pyridine rings is 1. The summed E-state index contributed by atoms with van der Waals surface area (Å²) in [5.41, 5.74) is 6.76. The first kappa shape index (κ1) is 12.1. The van der Waals surface area contributed by atoms with Gasteiger partial charge < -0.3 is 10.6 Å². The molecule has 0 aliphatic carbocycles. The second-order valence-electron chi connectivity index (χ2n) is 4.26. The number of hydrogen-bond acceptors (Lipinski definition) is 5. The molecule has 0 saturated carbocycles. The highest BCUT2D eigenvalue weighted by Crippen LogP contribution is 2.30. The molecule has 90 valence electrons.